The van der Waals surface area contributed by atoms with Gasteiger partial charge in [0.25, 0.3) is 5.91 Å². The van der Waals surface area contributed by atoms with Crippen molar-refractivity contribution in [3.8, 4) is 11.5 Å². The molecule has 1 N–H and O–H groups in total. The molecular formula is C25H22N2O4S2. The SMILES string of the molecule is O=C(COC(=O)CCCSc1nc2ccccc2s1)Nc1ccccc1Oc1ccccc1. The van der Waals surface area contributed by atoms with E-state index in [0.29, 0.717) is 23.6 Å². The molecule has 0 spiro atoms. The van der Waals surface area contributed by atoms with E-state index >= 15 is 0 Å². The van der Waals surface area contributed by atoms with Crippen LogP contribution in [0.4, 0.5) is 5.69 Å². The van der Waals surface area contributed by atoms with Gasteiger partial charge in [-0.3, -0.25) is 9.59 Å². The summed E-state index contributed by atoms with van der Waals surface area (Å²) < 4.78 is 13.1. The minimum atomic E-state index is -0.420. The van der Waals surface area contributed by atoms with Gasteiger partial charge >= 0.3 is 5.97 Å². The highest BCUT2D eigenvalue weighted by atomic mass is 32.2. The highest BCUT2D eigenvalue weighted by molar-refractivity contribution is 8.01. The van der Waals surface area contributed by atoms with Crippen molar-refractivity contribution in [2.24, 2.45) is 0 Å². The molecule has 4 rings (SSSR count). The Morgan fingerprint density at radius 1 is 0.939 bits per heavy atom. The van der Waals surface area contributed by atoms with Gasteiger partial charge in [0.2, 0.25) is 0 Å². The van der Waals surface area contributed by atoms with Crippen molar-refractivity contribution >= 4 is 50.9 Å². The number of thioether (sulfide) groups is 1. The van der Waals surface area contributed by atoms with E-state index in [1.54, 1.807) is 41.3 Å². The number of rotatable bonds is 10. The van der Waals surface area contributed by atoms with Crippen LogP contribution in [0.3, 0.4) is 0 Å². The van der Waals surface area contributed by atoms with Crippen molar-refractivity contribution in [3.05, 3.63) is 78.9 Å². The first-order valence-corrected chi connectivity index (χ1v) is 12.2. The zero-order valence-electron chi connectivity index (χ0n) is 17.7. The van der Waals surface area contributed by atoms with Crippen molar-refractivity contribution in [3.63, 3.8) is 0 Å². The number of ether oxygens (including phenoxy) is 2. The maximum Gasteiger partial charge on any atom is 0.306 e. The second-order valence-electron chi connectivity index (χ2n) is 7.02. The number of hydrogen-bond donors (Lipinski definition) is 1. The summed E-state index contributed by atoms with van der Waals surface area (Å²) in [5.74, 6) is 1.11. The van der Waals surface area contributed by atoms with Crippen molar-refractivity contribution in [1.82, 2.24) is 4.98 Å². The summed E-state index contributed by atoms with van der Waals surface area (Å²) in [6, 6.07) is 24.4. The smallest absolute Gasteiger partial charge is 0.306 e. The first-order valence-electron chi connectivity index (χ1n) is 10.4. The summed E-state index contributed by atoms with van der Waals surface area (Å²) in [7, 11) is 0. The first-order chi connectivity index (χ1) is 16.2. The zero-order valence-corrected chi connectivity index (χ0v) is 19.4. The molecule has 0 fully saturated rings. The number of carbonyl (C=O) groups excluding carboxylic acids is 2. The number of carbonyl (C=O) groups is 2. The first kappa shape index (κ1) is 22.8. The van der Waals surface area contributed by atoms with Crippen LogP contribution in [0.25, 0.3) is 10.2 Å². The minimum Gasteiger partial charge on any atom is -0.456 e. The molecule has 1 amide bonds. The number of hydrogen-bond acceptors (Lipinski definition) is 7. The van der Waals surface area contributed by atoms with E-state index in [2.05, 4.69) is 10.3 Å². The quantitative estimate of drug-likeness (QED) is 0.168. The van der Waals surface area contributed by atoms with Gasteiger partial charge in [0.1, 0.15) is 5.75 Å². The fraction of sp³-hybridized carbons (Fsp3) is 0.160. The van der Waals surface area contributed by atoms with Gasteiger partial charge in [0.15, 0.2) is 16.7 Å². The highest BCUT2D eigenvalue weighted by Crippen LogP contribution is 2.30. The summed E-state index contributed by atoms with van der Waals surface area (Å²) >= 11 is 3.27. The summed E-state index contributed by atoms with van der Waals surface area (Å²) in [5, 5.41) is 2.74. The molecular weight excluding hydrogens is 456 g/mol. The van der Waals surface area contributed by atoms with Crippen LogP contribution in [0.2, 0.25) is 0 Å². The lowest BCUT2D eigenvalue weighted by Crippen LogP contribution is -2.21. The van der Waals surface area contributed by atoms with Crippen LogP contribution >= 0.6 is 23.1 Å². The molecule has 0 saturated carbocycles. The van der Waals surface area contributed by atoms with Crippen molar-refractivity contribution < 1.29 is 19.1 Å². The normalized spacial score (nSPS) is 10.7. The molecule has 33 heavy (non-hydrogen) atoms. The van der Waals surface area contributed by atoms with E-state index < -0.39 is 11.9 Å². The number of benzene rings is 3. The molecule has 6 nitrogen and oxygen atoms in total. The number of nitrogens with one attached hydrogen (secondary N) is 1. The largest absolute Gasteiger partial charge is 0.456 e. The van der Waals surface area contributed by atoms with Gasteiger partial charge in [-0.05, 0) is 42.8 Å². The lowest BCUT2D eigenvalue weighted by Gasteiger charge is -2.12. The Hall–Kier alpha value is -3.36. The fourth-order valence-corrected chi connectivity index (χ4v) is 5.05. The second-order valence-corrected chi connectivity index (χ2v) is 9.39. The van der Waals surface area contributed by atoms with Gasteiger partial charge in [-0.2, -0.15) is 0 Å². The van der Waals surface area contributed by atoms with Gasteiger partial charge in [-0.1, -0.05) is 54.2 Å². The van der Waals surface area contributed by atoms with E-state index in [1.807, 2.05) is 60.7 Å². The van der Waals surface area contributed by atoms with E-state index in [-0.39, 0.29) is 13.0 Å². The molecule has 0 atom stereocenters. The standard InChI is InChI=1S/C25H22N2O4S2/c28-23(26-19-11-4-6-13-21(19)31-18-9-2-1-3-10-18)17-30-24(29)15-8-16-32-25-27-20-12-5-7-14-22(20)33-25/h1-7,9-14H,8,15-17H2,(H,26,28). The Kier molecular flexibility index (Phi) is 7.94. The number of anilines is 1. The van der Waals surface area contributed by atoms with E-state index in [4.69, 9.17) is 9.47 Å². The van der Waals surface area contributed by atoms with Crippen LogP contribution in [0, 0.1) is 0 Å². The van der Waals surface area contributed by atoms with Crippen molar-refractivity contribution in [2.45, 2.75) is 17.2 Å². The molecule has 1 heterocycles. The number of esters is 1. The maximum absolute atomic E-state index is 12.3. The van der Waals surface area contributed by atoms with Crippen molar-refractivity contribution in [2.75, 3.05) is 17.7 Å². The van der Waals surface area contributed by atoms with Crippen LogP contribution in [-0.2, 0) is 14.3 Å². The third-order valence-corrected chi connectivity index (χ3v) is 6.79. The molecule has 3 aromatic carbocycles. The van der Waals surface area contributed by atoms with Gasteiger partial charge < -0.3 is 14.8 Å². The van der Waals surface area contributed by atoms with Crippen LogP contribution in [0.5, 0.6) is 11.5 Å². The predicted octanol–water partition coefficient (Wildman–Crippen LogP) is 6.14. The third kappa shape index (κ3) is 6.81. The Balaban J connectivity index is 1.18. The van der Waals surface area contributed by atoms with E-state index in [0.717, 1.165) is 20.3 Å². The molecule has 0 aliphatic carbocycles. The van der Waals surface area contributed by atoms with Crippen molar-refractivity contribution in [1.29, 1.82) is 0 Å². The predicted molar refractivity (Wildman–Crippen MR) is 132 cm³/mol. The molecule has 0 aliphatic heterocycles. The van der Waals surface area contributed by atoms with Gasteiger partial charge in [-0.15, -0.1) is 11.3 Å². The fourth-order valence-electron chi connectivity index (χ4n) is 2.97. The van der Waals surface area contributed by atoms with Gasteiger partial charge in [0.05, 0.1) is 15.9 Å². The van der Waals surface area contributed by atoms with Crippen LogP contribution < -0.4 is 10.1 Å². The summed E-state index contributed by atoms with van der Waals surface area (Å²) in [4.78, 5) is 28.8. The third-order valence-electron chi connectivity index (χ3n) is 4.52. The number of amides is 1. The van der Waals surface area contributed by atoms with E-state index in [1.165, 1.54) is 0 Å². The molecule has 0 bridgehead atoms. The molecule has 4 aromatic rings. The zero-order chi connectivity index (χ0) is 22.9. The Morgan fingerprint density at radius 2 is 1.70 bits per heavy atom. The molecule has 0 aliphatic rings. The van der Waals surface area contributed by atoms with Crippen LogP contribution in [-0.4, -0.2) is 29.2 Å². The molecule has 1 aromatic heterocycles. The average Bonchev–Trinajstić information content (AvgIpc) is 3.25. The number of thiazole rings is 1. The lowest BCUT2D eigenvalue weighted by molar-refractivity contribution is -0.147. The molecule has 8 heteroatoms. The number of fused-ring (bicyclic) bond motifs is 1. The summed E-state index contributed by atoms with van der Waals surface area (Å²) in [5.41, 5.74) is 1.50. The highest BCUT2D eigenvalue weighted by Gasteiger charge is 2.12. The molecule has 0 radical (unpaired) electrons. The summed E-state index contributed by atoms with van der Waals surface area (Å²) in [6.07, 6.45) is 0.897. The van der Waals surface area contributed by atoms with E-state index in [9.17, 15) is 9.59 Å². The molecule has 168 valence electrons. The Labute approximate surface area is 200 Å². The van der Waals surface area contributed by atoms with Crippen LogP contribution in [0.15, 0.2) is 83.2 Å². The molecule has 0 saturated heterocycles. The topological polar surface area (TPSA) is 77.5 Å². The van der Waals surface area contributed by atoms with Gasteiger partial charge in [0, 0.05) is 12.2 Å². The number of aromatic nitrogens is 1. The van der Waals surface area contributed by atoms with Gasteiger partial charge in [-0.25, -0.2) is 4.98 Å². The molecule has 0 unspecified atom stereocenters. The Morgan fingerprint density at radius 3 is 2.55 bits per heavy atom. The minimum absolute atomic E-state index is 0.249. The number of nitrogens with zero attached hydrogens (tertiary/aromatic N) is 1. The Bertz CT molecular complexity index is 1190. The average molecular weight is 479 g/mol. The monoisotopic (exact) mass is 478 g/mol. The number of para-hydroxylation sites is 4. The lowest BCUT2D eigenvalue weighted by atomic mass is 10.3. The second kappa shape index (κ2) is 11.5. The summed E-state index contributed by atoms with van der Waals surface area (Å²) in [6.45, 7) is -0.344. The van der Waals surface area contributed by atoms with Crippen LogP contribution in [0.1, 0.15) is 12.8 Å². The maximum atomic E-state index is 12.3.